The van der Waals surface area contributed by atoms with Gasteiger partial charge in [-0.1, -0.05) is 24.3 Å². The van der Waals surface area contributed by atoms with E-state index in [4.69, 9.17) is 4.74 Å². The van der Waals surface area contributed by atoms with Gasteiger partial charge in [0.25, 0.3) is 5.91 Å². The van der Waals surface area contributed by atoms with Crippen LogP contribution in [0, 0.1) is 0 Å². The van der Waals surface area contributed by atoms with Gasteiger partial charge in [-0.05, 0) is 42.0 Å². The van der Waals surface area contributed by atoms with Crippen molar-refractivity contribution in [3.8, 4) is 11.1 Å². The number of nitrogens with one attached hydrogen (secondary N) is 3. The lowest BCUT2D eigenvalue weighted by atomic mass is 10.0. The zero-order valence-electron chi connectivity index (χ0n) is 20.8. The van der Waals surface area contributed by atoms with Crippen LogP contribution in [-0.2, 0) is 14.6 Å². The summed E-state index contributed by atoms with van der Waals surface area (Å²) in [4.78, 5) is 32.4. The van der Waals surface area contributed by atoms with E-state index in [1.54, 1.807) is 48.7 Å². The lowest BCUT2D eigenvalue weighted by Gasteiger charge is -2.24. The van der Waals surface area contributed by atoms with E-state index in [1.165, 1.54) is 19.2 Å². The fraction of sp³-hybridized carbons (Fsp3) is 0.185. The van der Waals surface area contributed by atoms with Gasteiger partial charge in [0.15, 0.2) is 5.03 Å². The number of ether oxygens (including phenoxy) is 1. The zero-order valence-corrected chi connectivity index (χ0v) is 21.7. The number of hydrogen-bond acceptors (Lipinski definition) is 9. The van der Waals surface area contributed by atoms with E-state index >= 15 is 0 Å². The minimum atomic E-state index is -3.92. The second kappa shape index (κ2) is 10.8. The van der Waals surface area contributed by atoms with Crippen LogP contribution in [0.25, 0.3) is 22.0 Å². The predicted molar refractivity (Wildman–Crippen MR) is 145 cm³/mol. The molecule has 4 N–H and O–H groups in total. The number of fused-ring (bicyclic) bond motifs is 1. The van der Waals surface area contributed by atoms with Crippen molar-refractivity contribution in [1.29, 1.82) is 0 Å². The number of aromatic carboxylic acids is 1. The highest BCUT2D eigenvalue weighted by molar-refractivity contribution is 7.92. The highest BCUT2D eigenvalue weighted by Gasteiger charge is 2.31. The number of hydrogen-bond donors (Lipinski definition) is 4. The number of benzene rings is 2. The van der Waals surface area contributed by atoms with Gasteiger partial charge in [0.1, 0.15) is 11.1 Å². The maximum absolute atomic E-state index is 13.4. The molecule has 200 valence electrons. The predicted octanol–water partition coefficient (Wildman–Crippen LogP) is 2.82. The van der Waals surface area contributed by atoms with Gasteiger partial charge in [0, 0.05) is 30.7 Å². The van der Waals surface area contributed by atoms with Crippen molar-refractivity contribution in [3.63, 3.8) is 0 Å². The minimum absolute atomic E-state index is 0.00928. The Morgan fingerprint density at radius 2 is 1.85 bits per heavy atom. The van der Waals surface area contributed by atoms with Gasteiger partial charge in [-0.3, -0.25) is 15.1 Å². The maximum Gasteiger partial charge on any atom is 0.337 e. The third kappa shape index (κ3) is 5.30. The smallest absolute Gasteiger partial charge is 0.337 e. The number of nitrogens with zero attached hydrogens (tertiary/aromatic N) is 2. The molecule has 11 nitrogen and oxygen atoms in total. The third-order valence-electron chi connectivity index (χ3n) is 6.32. The number of amides is 1. The van der Waals surface area contributed by atoms with Crippen molar-refractivity contribution < 1.29 is 27.9 Å². The Balaban J connectivity index is 1.64. The topological polar surface area (TPSA) is 160 Å². The standard InChI is InChI=1S/C27H25N5O6S/c1-28-26(33)22-9-7-17(14-30-22)16-6-8-21-19(12-16)23(31-20-5-3-2-4-18(20)27(34)35)13-24(32-21)39(36,37)25-15-38-11-10-29-25/h2-9,12-14,25,29H,10-11,15H2,1H3,(H,28,33)(H,31,32)(H,34,35). The Bertz CT molecular complexity index is 1670. The minimum Gasteiger partial charge on any atom is -0.478 e. The molecule has 2 aromatic carbocycles. The van der Waals surface area contributed by atoms with E-state index in [2.05, 4.69) is 25.9 Å². The van der Waals surface area contributed by atoms with E-state index < -0.39 is 21.2 Å². The molecule has 0 aliphatic carbocycles. The van der Waals surface area contributed by atoms with Crippen LogP contribution in [0.1, 0.15) is 20.8 Å². The monoisotopic (exact) mass is 547 g/mol. The number of carbonyl (C=O) groups is 2. The summed E-state index contributed by atoms with van der Waals surface area (Å²) in [6.07, 6.45) is 1.57. The summed E-state index contributed by atoms with van der Waals surface area (Å²) in [5.41, 5.74) is 2.81. The van der Waals surface area contributed by atoms with Crippen molar-refractivity contribution in [1.82, 2.24) is 20.6 Å². The van der Waals surface area contributed by atoms with Crippen LogP contribution in [0.3, 0.4) is 0 Å². The van der Waals surface area contributed by atoms with Crippen LogP contribution >= 0.6 is 0 Å². The van der Waals surface area contributed by atoms with Crippen LogP contribution in [0.5, 0.6) is 0 Å². The molecule has 3 heterocycles. The average molecular weight is 548 g/mol. The second-order valence-electron chi connectivity index (χ2n) is 8.79. The van der Waals surface area contributed by atoms with Crippen LogP contribution in [0.15, 0.2) is 71.9 Å². The Kier molecular flexibility index (Phi) is 7.24. The Morgan fingerprint density at radius 3 is 2.54 bits per heavy atom. The first-order valence-electron chi connectivity index (χ1n) is 12.1. The van der Waals surface area contributed by atoms with Gasteiger partial charge < -0.3 is 20.5 Å². The molecule has 0 bridgehead atoms. The van der Waals surface area contributed by atoms with Gasteiger partial charge in [-0.15, -0.1) is 0 Å². The van der Waals surface area contributed by atoms with E-state index in [0.29, 0.717) is 35.4 Å². The molecule has 1 atom stereocenters. The lowest BCUT2D eigenvalue weighted by Crippen LogP contribution is -2.46. The summed E-state index contributed by atoms with van der Waals surface area (Å²) in [5, 5.41) is 17.7. The van der Waals surface area contributed by atoms with Gasteiger partial charge >= 0.3 is 5.97 Å². The second-order valence-corrected chi connectivity index (χ2v) is 10.9. The van der Waals surface area contributed by atoms with Gasteiger partial charge in [-0.25, -0.2) is 18.2 Å². The summed E-state index contributed by atoms with van der Waals surface area (Å²) in [6, 6.07) is 16.4. The number of rotatable bonds is 7. The third-order valence-corrected chi connectivity index (χ3v) is 8.17. The largest absolute Gasteiger partial charge is 0.478 e. The number of carboxylic acids is 1. The summed E-state index contributed by atoms with van der Waals surface area (Å²) < 4.78 is 32.2. The first-order chi connectivity index (χ1) is 18.8. The molecule has 1 amide bonds. The fourth-order valence-electron chi connectivity index (χ4n) is 4.27. The molecular formula is C27H25N5O6S. The molecule has 1 saturated heterocycles. The summed E-state index contributed by atoms with van der Waals surface area (Å²) in [6.45, 7) is 0.799. The lowest BCUT2D eigenvalue weighted by molar-refractivity contribution is 0.0697. The maximum atomic E-state index is 13.4. The molecular weight excluding hydrogens is 522 g/mol. The first kappa shape index (κ1) is 26.2. The quantitative estimate of drug-likeness (QED) is 0.271. The number of morpholine rings is 1. The average Bonchev–Trinajstić information content (AvgIpc) is 2.97. The van der Waals surface area contributed by atoms with Crippen molar-refractivity contribution in [2.24, 2.45) is 0 Å². The van der Waals surface area contributed by atoms with Crippen LogP contribution in [0.4, 0.5) is 11.4 Å². The van der Waals surface area contributed by atoms with Crippen LogP contribution < -0.4 is 16.0 Å². The fourth-order valence-corrected chi connectivity index (χ4v) is 5.68. The molecule has 5 rings (SSSR count). The zero-order chi connectivity index (χ0) is 27.6. The highest BCUT2D eigenvalue weighted by atomic mass is 32.2. The number of carboxylic acid groups (broad SMARTS) is 1. The van der Waals surface area contributed by atoms with Gasteiger partial charge in [-0.2, -0.15) is 0 Å². The molecule has 4 aromatic rings. The van der Waals surface area contributed by atoms with Crippen LogP contribution in [-0.4, -0.2) is 67.5 Å². The Labute approximate surface area is 224 Å². The van der Waals surface area contributed by atoms with Gasteiger partial charge in [0.05, 0.1) is 35.7 Å². The number of anilines is 2. The number of aromatic nitrogens is 2. The van der Waals surface area contributed by atoms with Crippen LogP contribution in [0.2, 0.25) is 0 Å². The summed E-state index contributed by atoms with van der Waals surface area (Å²) in [5.74, 6) is -1.43. The molecule has 1 aliphatic heterocycles. The molecule has 1 fully saturated rings. The molecule has 2 aromatic heterocycles. The van der Waals surface area contributed by atoms with Crippen molar-refractivity contribution in [2.45, 2.75) is 10.4 Å². The number of pyridine rings is 2. The number of carbonyl (C=O) groups excluding carboxylic acids is 1. The van der Waals surface area contributed by atoms with E-state index in [9.17, 15) is 23.1 Å². The highest BCUT2D eigenvalue weighted by Crippen LogP contribution is 2.33. The summed E-state index contributed by atoms with van der Waals surface area (Å²) >= 11 is 0. The number of para-hydroxylation sites is 1. The summed E-state index contributed by atoms with van der Waals surface area (Å²) in [7, 11) is -2.40. The van der Waals surface area contributed by atoms with Crippen molar-refractivity contribution >= 4 is 44.0 Å². The SMILES string of the molecule is CNC(=O)c1ccc(-c2ccc3nc(S(=O)(=O)C4COCCN4)cc(Nc4ccccc4C(=O)O)c3c2)cn1. The molecule has 0 radical (unpaired) electrons. The van der Waals surface area contributed by atoms with Gasteiger partial charge in [0.2, 0.25) is 9.84 Å². The van der Waals surface area contributed by atoms with Crippen molar-refractivity contribution in [3.05, 3.63) is 78.1 Å². The molecule has 0 spiro atoms. The molecule has 0 saturated carbocycles. The Hall–Kier alpha value is -4.39. The van der Waals surface area contributed by atoms with E-state index in [1.807, 2.05) is 6.07 Å². The molecule has 1 unspecified atom stereocenters. The molecule has 1 aliphatic rings. The number of sulfone groups is 1. The molecule has 12 heteroatoms. The van der Waals surface area contributed by atoms with E-state index in [-0.39, 0.29) is 28.8 Å². The molecule has 39 heavy (non-hydrogen) atoms. The normalized spacial score (nSPS) is 15.6. The Morgan fingerprint density at radius 1 is 1.05 bits per heavy atom. The van der Waals surface area contributed by atoms with E-state index in [0.717, 1.165) is 11.1 Å². The van der Waals surface area contributed by atoms with Crippen molar-refractivity contribution in [2.75, 3.05) is 32.1 Å². The first-order valence-corrected chi connectivity index (χ1v) is 13.6.